The fourth-order valence-corrected chi connectivity index (χ4v) is 10.9. The Labute approximate surface area is 346 Å². The largest absolute Gasteiger partial charge is 0.310 e. The molecule has 9 aromatic carbocycles. The first-order valence-electron chi connectivity index (χ1n) is 20.8. The second kappa shape index (κ2) is 12.6. The molecule has 3 aliphatic carbocycles. The molecule has 0 atom stereocenters. The number of fused-ring (bicyclic) bond motifs is 13. The van der Waals surface area contributed by atoms with Crippen LogP contribution in [0.4, 0.5) is 17.1 Å². The van der Waals surface area contributed by atoms with Gasteiger partial charge in [0.05, 0.1) is 11.1 Å². The summed E-state index contributed by atoms with van der Waals surface area (Å²) in [7, 11) is 0. The van der Waals surface area contributed by atoms with Crippen LogP contribution in [0.25, 0.3) is 55.6 Å². The van der Waals surface area contributed by atoms with Gasteiger partial charge in [0.2, 0.25) is 0 Å². The monoisotopic (exact) mass is 751 g/mol. The number of para-hydroxylation sites is 1. The van der Waals surface area contributed by atoms with Crippen LogP contribution >= 0.6 is 0 Å². The molecule has 3 aliphatic rings. The summed E-state index contributed by atoms with van der Waals surface area (Å²) in [6.07, 6.45) is 0. The third-order valence-corrected chi connectivity index (χ3v) is 13.5. The maximum atomic E-state index is 2.51. The van der Waals surface area contributed by atoms with E-state index < -0.39 is 5.41 Å². The standard InChI is InChI=1S/C58H41N/c1-57(2)49-25-14-12-23-44(49)45-34-31-43(37-52(45)57)59(42-21-10-5-11-22-42)55-28-16-27-51-56(55)48-24-13-15-26-50(48)58(51)53-35-40(38-17-6-3-7-18-38)29-32-46(53)47-33-30-41(36-54(47)58)39-19-8-4-9-20-39/h3-37H,1-2H3. The van der Waals surface area contributed by atoms with Crippen LogP contribution < -0.4 is 4.90 Å². The van der Waals surface area contributed by atoms with Crippen LogP contribution in [-0.4, -0.2) is 0 Å². The zero-order valence-corrected chi connectivity index (χ0v) is 33.2. The van der Waals surface area contributed by atoms with Crippen LogP contribution in [0, 0.1) is 0 Å². The summed E-state index contributed by atoms with van der Waals surface area (Å²) >= 11 is 0. The van der Waals surface area contributed by atoms with Gasteiger partial charge in [-0.2, -0.15) is 0 Å². The minimum Gasteiger partial charge on any atom is -0.310 e. The fourth-order valence-electron chi connectivity index (χ4n) is 10.9. The van der Waals surface area contributed by atoms with Crippen molar-refractivity contribution in [2.45, 2.75) is 24.7 Å². The van der Waals surface area contributed by atoms with Gasteiger partial charge in [-0.05, 0) is 126 Å². The van der Waals surface area contributed by atoms with E-state index >= 15 is 0 Å². The van der Waals surface area contributed by atoms with Crippen molar-refractivity contribution in [2.75, 3.05) is 4.90 Å². The van der Waals surface area contributed by atoms with Crippen LogP contribution in [0.2, 0.25) is 0 Å². The van der Waals surface area contributed by atoms with E-state index in [4.69, 9.17) is 0 Å². The number of hydrogen-bond acceptors (Lipinski definition) is 1. The first-order chi connectivity index (χ1) is 29.0. The van der Waals surface area contributed by atoms with Gasteiger partial charge in [0.25, 0.3) is 0 Å². The Morgan fingerprint density at radius 3 is 1.44 bits per heavy atom. The molecule has 1 nitrogen and oxygen atoms in total. The second-order valence-electron chi connectivity index (χ2n) is 16.8. The number of nitrogens with zero attached hydrogens (tertiary/aromatic N) is 1. The van der Waals surface area contributed by atoms with Gasteiger partial charge >= 0.3 is 0 Å². The Kier molecular flexibility index (Phi) is 7.26. The predicted octanol–water partition coefficient (Wildman–Crippen LogP) is 15.1. The van der Waals surface area contributed by atoms with E-state index in [1.807, 2.05) is 0 Å². The van der Waals surface area contributed by atoms with Crippen molar-refractivity contribution in [3.05, 3.63) is 246 Å². The lowest BCUT2D eigenvalue weighted by Crippen LogP contribution is -2.26. The minimum atomic E-state index is -0.536. The Hall–Kier alpha value is -7.22. The van der Waals surface area contributed by atoms with E-state index in [1.54, 1.807) is 0 Å². The van der Waals surface area contributed by atoms with Gasteiger partial charge < -0.3 is 4.90 Å². The highest BCUT2D eigenvalue weighted by atomic mass is 15.1. The van der Waals surface area contributed by atoms with E-state index in [2.05, 4.69) is 231 Å². The van der Waals surface area contributed by atoms with Crippen molar-refractivity contribution in [3.63, 3.8) is 0 Å². The van der Waals surface area contributed by atoms with Gasteiger partial charge in [0.1, 0.15) is 0 Å². The molecule has 0 aromatic heterocycles. The van der Waals surface area contributed by atoms with Crippen molar-refractivity contribution in [1.29, 1.82) is 0 Å². The summed E-state index contributed by atoms with van der Waals surface area (Å²) in [6.45, 7) is 4.74. The average Bonchev–Trinajstić information content (AvgIpc) is 3.85. The highest BCUT2D eigenvalue weighted by Gasteiger charge is 2.53. The van der Waals surface area contributed by atoms with Gasteiger partial charge in [0.15, 0.2) is 0 Å². The highest BCUT2D eigenvalue weighted by Crippen LogP contribution is 2.65. The number of hydrogen-bond donors (Lipinski definition) is 0. The number of anilines is 3. The maximum absolute atomic E-state index is 2.51. The molecule has 0 radical (unpaired) electrons. The van der Waals surface area contributed by atoms with E-state index in [0.29, 0.717) is 0 Å². The molecule has 0 N–H and O–H groups in total. The Morgan fingerprint density at radius 2 is 0.797 bits per heavy atom. The van der Waals surface area contributed by atoms with E-state index in [-0.39, 0.29) is 5.41 Å². The van der Waals surface area contributed by atoms with Gasteiger partial charge in [-0.1, -0.05) is 184 Å². The van der Waals surface area contributed by atoms with E-state index in [9.17, 15) is 0 Å². The molecule has 1 spiro atoms. The smallest absolute Gasteiger partial charge is 0.0726 e. The molecule has 0 amide bonds. The second-order valence-corrected chi connectivity index (χ2v) is 16.8. The van der Waals surface area contributed by atoms with Gasteiger partial charge in [0, 0.05) is 22.4 Å². The molecule has 0 saturated carbocycles. The maximum Gasteiger partial charge on any atom is 0.0726 e. The summed E-state index contributed by atoms with van der Waals surface area (Å²) < 4.78 is 0. The molecule has 0 saturated heterocycles. The predicted molar refractivity (Wildman–Crippen MR) is 246 cm³/mol. The lowest BCUT2D eigenvalue weighted by atomic mass is 9.70. The SMILES string of the molecule is CC1(C)c2ccccc2-c2ccc(N(c3ccccc3)c3cccc4c3-c3ccccc3C43c4cc(-c5ccccc5)ccc4-c4ccc(-c5ccccc5)cc43)cc21. The summed E-state index contributed by atoms with van der Waals surface area (Å²) in [5, 5.41) is 0. The molecule has 59 heavy (non-hydrogen) atoms. The van der Waals surface area contributed by atoms with Crippen LogP contribution in [0.15, 0.2) is 212 Å². The minimum absolute atomic E-state index is 0.121. The van der Waals surface area contributed by atoms with Gasteiger partial charge in [-0.25, -0.2) is 0 Å². The Balaban J connectivity index is 1.15. The third kappa shape index (κ3) is 4.73. The summed E-state index contributed by atoms with van der Waals surface area (Å²) in [5.74, 6) is 0. The molecule has 12 rings (SSSR count). The summed E-state index contributed by atoms with van der Waals surface area (Å²) in [6, 6.07) is 79.3. The van der Waals surface area contributed by atoms with Gasteiger partial charge in [-0.15, -0.1) is 0 Å². The molecule has 9 aromatic rings. The van der Waals surface area contributed by atoms with Crippen LogP contribution in [-0.2, 0) is 10.8 Å². The molecule has 1 heteroatoms. The molecule has 0 bridgehead atoms. The fraction of sp³-hybridized carbons (Fsp3) is 0.0690. The number of rotatable bonds is 5. The molecular weight excluding hydrogens is 711 g/mol. The lowest BCUT2D eigenvalue weighted by Gasteiger charge is -2.32. The first-order valence-corrected chi connectivity index (χ1v) is 20.8. The van der Waals surface area contributed by atoms with Crippen molar-refractivity contribution in [2.24, 2.45) is 0 Å². The van der Waals surface area contributed by atoms with E-state index in [1.165, 1.54) is 94.7 Å². The van der Waals surface area contributed by atoms with Crippen molar-refractivity contribution >= 4 is 17.1 Å². The average molecular weight is 752 g/mol. The van der Waals surface area contributed by atoms with Crippen molar-refractivity contribution in [1.82, 2.24) is 0 Å². The van der Waals surface area contributed by atoms with Crippen molar-refractivity contribution < 1.29 is 0 Å². The van der Waals surface area contributed by atoms with Crippen LogP contribution in [0.1, 0.15) is 47.2 Å². The summed E-state index contributed by atoms with van der Waals surface area (Å²) in [5.41, 5.74) is 23.6. The van der Waals surface area contributed by atoms with Crippen molar-refractivity contribution in [3.8, 4) is 55.6 Å². The quantitative estimate of drug-likeness (QED) is 0.169. The first kappa shape index (κ1) is 33.9. The molecule has 0 unspecified atom stereocenters. The topological polar surface area (TPSA) is 3.24 Å². The molecule has 0 fully saturated rings. The normalized spacial score (nSPS) is 14.2. The summed E-state index contributed by atoms with van der Waals surface area (Å²) in [4.78, 5) is 2.51. The molecule has 0 heterocycles. The Morgan fingerprint density at radius 1 is 0.305 bits per heavy atom. The molecular formula is C58H41N. The van der Waals surface area contributed by atoms with Crippen LogP contribution in [0.3, 0.4) is 0 Å². The molecule has 278 valence electrons. The lowest BCUT2D eigenvalue weighted by molar-refractivity contribution is 0.660. The number of benzene rings is 9. The van der Waals surface area contributed by atoms with E-state index in [0.717, 1.165) is 11.4 Å². The third-order valence-electron chi connectivity index (χ3n) is 13.5. The zero-order chi connectivity index (χ0) is 39.3. The highest BCUT2D eigenvalue weighted by molar-refractivity contribution is 6.02. The molecule has 0 aliphatic heterocycles. The van der Waals surface area contributed by atoms with Crippen LogP contribution in [0.5, 0.6) is 0 Å². The van der Waals surface area contributed by atoms with Gasteiger partial charge in [-0.3, -0.25) is 0 Å². The Bertz CT molecular complexity index is 3030. The zero-order valence-electron chi connectivity index (χ0n) is 33.2.